The summed E-state index contributed by atoms with van der Waals surface area (Å²) in [6.07, 6.45) is 0. The third-order valence-corrected chi connectivity index (χ3v) is 2.13. The van der Waals surface area contributed by atoms with Gasteiger partial charge in [0.2, 0.25) is 0 Å². The normalized spacial score (nSPS) is 9.73. The molecule has 1 aromatic carbocycles. The molecular formula is C9H6FIO4. The highest BCUT2D eigenvalue weighted by atomic mass is 127. The van der Waals surface area contributed by atoms with Crippen molar-refractivity contribution in [3.8, 4) is 5.75 Å². The molecule has 0 atom stereocenters. The van der Waals surface area contributed by atoms with Crippen LogP contribution in [0.2, 0.25) is 0 Å². The number of rotatable bonds is 3. The summed E-state index contributed by atoms with van der Waals surface area (Å²) in [5.74, 6) is -2.81. The number of alkyl halides is 1. The van der Waals surface area contributed by atoms with E-state index in [1.165, 1.54) is 6.07 Å². The molecule has 15 heavy (non-hydrogen) atoms. The summed E-state index contributed by atoms with van der Waals surface area (Å²) in [5, 5.41) is 8.54. The molecule has 1 N–H and O–H groups in total. The van der Waals surface area contributed by atoms with Crippen LogP contribution < -0.4 is 4.74 Å². The van der Waals surface area contributed by atoms with Crippen molar-refractivity contribution in [1.29, 1.82) is 0 Å². The Morgan fingerprint density at radius 2 is 2.13 bits per heavy atom. The van der Waals surface area contributed by atoms with E-state index in [0.29, 0.717) is 0 Å². The molecule has 0 aliphatic rings. The van der Waals surface area contributed by atoms with E-state index in [1.807, 2.05) is 0 Å². The van der Waals surface area contributed by atoms with Gasteiger partial charge in [0.05, 0.1) is 9.99 Å². The van der Waals surface area contributed by atoms with E-state index >= 15 is 0 Å². The van der Waals surface area contributed by atoms with Crippen LogP contribution in [0.5, 0.6) is 5.75 Å². The van der Waals surface area contributed by atoms with Gasteiger partial charge in [0.15, 0.2) is 0 Å². The van der Waals surface area contributed by atoms with Crippen molar-refractivity contribution >= 4 is 34.5 Å². The van der Waals surface area contributed by atoms with Crippen molar-refractivity contribution in [3.05, 3.63) is 29.6 Å². The van der Waals surface area contributed by atoms with Gasteiger partial charge in [-0.1, -0.05) is 22.6 Å². The number of carbonyl (C=O) groups excluding carboxylic acids is 1. The molecule has 0 unspecified atom stereocenters. The van der Waals surface area contributed by atoms with E-state index in [0.717, 1.165) is 12.1 Å². The number of esters is 1. The number of ether oxygens (including phenoxy) is 1. The van der Waals surface area contributed by atoms with Gasteiger partial charge in [-0.3, -0.25) is 4.79 Å². The Morgan fingerprint density at radius 3 is 2.60 bits per heavy atom. The maximum Gasteiger partial charge on any atom is 0.338 e. The number of halogens is 2. The van der Waals surface area contributed by atoms with Gasteiger partial charge < -0.3 is 9.84 Å². The maximum absolute atomic E-state index is 13.1. The minimum absolute atomic E-state index is 0.000772. The monoisotopic (exact) mass is 324 g/mol. The summed E-state index contributed by atoms with van der Waals surface area (Å²) in [5.41, 5.74) is -0.454. The van der Waals surface area contributed by atoms with E-state index in [1.54, 1.807) is 22.6 Å². The molecule has 0 saturated carbocycles. The first kappa shape index (κ1) is 11.9. The van der Waals surface area contributed by atoms with Crippen LogP contribution in [-0.2, 0) is 4.79 Å². The van der Waals surface area contributed by atoms with E-state index < -0.39 is 23.3 Å². The Labute approximate surface area is 98.2 Å². The van der Waals surface area contributed by atoms with E-state index in [4.69, 9.17) is 9.84 Å². The summed E-state index contributed by atoms with van der Waals surface area (Å²) in [7, 11) is 0. The predicted octanol–water partition coefficient (Wildman–Crippen LogP) is 1.86. The second kappa shape index (κ2) is 5.06. The first-order valence-electron chi connectivity index (χ1n) is 3.84. The Balaban J connectivity index is 2.91. The lowest BCUT2D eigenvalue weighted by atomic mass is 10.2. The summed E-state index contributed by atoms with van der Waals surface area (Å²) in [6, 6.07) is 3.15. The van der Waals surface area contributed by atoms with E-state index in [9.17, 15) is 14.0 Å². The largest absolute Gasteiger partial charge is 0.478 e. The van der Waals surface area contributed by atoms with Crippen molar-refractivity contribution in [2.24, 2.45) is 0 Å². The third kappa shape index (κ3) is 3.15. The molecule has 1 aromatic rings. The van der Waals surface area contributed by atoms with Crippen LogP contribution in [0.25, 0.3) is 0 Å². The van der Waals surface area contributed by atoms with Gasteiger partial charge >= 0.3 is 11.9 Å². The number of carbonyl (C=O) groups is 2. The molecule has 1 rings (SSSR count). The van der Waals surface area contributed by atoms with Crippen molar-refractivity contribution in [1.82, 2.24) is 0 Å². The van der Waals surface area contributed by atoms with Gasteiger partial charge in [-0.25, -0.2) is 9.18 Å². The first-order chi connectivity index (χ1) is 7.04. The average Bonchev–Trinajstić information content (AvgIpc) is 2.17. The number of carboxylic acids is 1. The Hall–Kier alpha value is -1.18. The summed E-state index contributed by atoms with van der Waals surface area (Å²) < 4.78 is 17.9. The van der Waals surface area contributed by atoms with Crippen molar-refractivity contribution in [2.75, 3.05) is 4.43 Å². The zero-order valence-electron chi connectivity index (χ0n) is 7.37. The summed E-state index contributed by atoms with van der Waals surface area (Å²) >= 11 is 1.80. The molecule has 0 aromatic heterocycles. The predicted molar refractivity (Wildman–Crippen MR) is 57.9 cm³/mol. The number of hydrogen-bond donors (Lipinski definition) is 1. The molecule has 0 aliphatic heterocycles. The molecular weight excluding hydrogens is 318 g/mol. The van der Waals surface area contributed by atoms with Crippen LogP contribution in [0, 0.1) is 5.82 Å². The molecule has 6 heteroatoms. The topological polar surface area (TPSA) is 63.6 Å². The van der Waals surface area contributed by atoms with Gasteiger partial charge in [0.25, 0.3) is 0 Å². The second-order valence-corrected chi connectivity index (χ2v) is 3.32. The first-order valence-corrected chi connectivity index (χ1v) is 5.36. The Kier molecular flexibility index (Phi) is 4.01. The van der Waals surface area contributed by atoms with Gasteiger partial charge in [0, 0.05) is 6.07 Å². The van der Waals surface area contributed by atoms with Crippen LogP contribution in [0.4, 0.5) is 4.39 Å². The lowest BCUT2D eigenvalue weighted by molar-refractivity contribution is -0.131. The van der Waals surface area contributed by atoms with Gasteiger partial charge in [-0.15, -0.1) is 0 Å². The van der Waals surface area contributed by atoms with E-state index in [2.05, 4.69) is 0 Å². The summed E-state index contributed by atoms with van der Waals surface area (Å²) in [4.78, 5) is 21.3. The number of benzene rings is 1. The Bertz CT molecular complexity index is 405. The van der Waals surface area contributed by atoms with Gasteiger partial charge in [0.1, 0.15) is 11.6 Å². The number of hydrogen-bond acceptors (Lipinski definition) is 3. The van der Waals surface area contributed by atoms with Crippen LogP contribution in [0.1, 0.15) is 10.4 Å². The quantitative estimate of drug-likeness (QED) is 0.399. The molecule has 0 spiro atoms. The standard InChI is InChI=1S/C9H6FIO4/c10-7-3-5(15-8(12)4-11)1-2-6(7)9(13)14/h1-3H,4H2,(H,13,14). The average molecular weight is 324 g/mol. The van der Waals surface area contributed by atoms with Crippen LogP contribution in [-0.4, -0.2) is 21.5 Å². The molecule has 80 valence electrons. The van der Waals surface area contributed by atoms with E-state index in [-0.39, 0.29) is 10.2 Å². The molecule has 0 radical (unpaired) electrons. The minimum Gasteiger partial charge on any atom is -0.478 e. The van der Waals surface area contributed by atoms with Crippen molar-refractivity contribution in [2.45, 2.75) is 0 Å². The molecule has 4 nitrogen and oxygen atoms in total. The maximum atomic E-state index is 13.1. The van der Waals surface area contributed by atoms with Crippen LogP contribution >= 0.6 is 22.6 Å². The fourth-order valence-corrected chi connectivity index (χ4v) is 1.05. The number of aromatic carboxylic acids is 1. The van der Waals surface area contributed by atoms with Crippen LogP contribution in [0.15, 0.2) is 18.2 Å². The highest BCUT2D eigenvalue weighted by Gasteiger charge is 2.12. The van der Waals surface area contributed by atoms with Crippen LogP contribution in [0.3, 0.4) is 0 Å². The second-order valence-electron chi connectivity index (χ2n) is 2.55. The molecule has 0 amide bonds. The molecule has 0 saturated heterocycles. The lowest BCUT2D eigenvalue weighted by Crippen LogP contribution is -2.09. The molecule has 0 aliphatic carbocycles. The zero-order valence-corrected chi connectivity index (χ0v) is 9.52. The summed E-state index contributed by atoms with van der Waals surface area (Å²) in [6.45, 7) is 0. The minimum atomic E-state index is -1.36. The smallest absolute Gasteiger partial charge is 0.338 e. The van der Waals surface area contributed by atoms with Crippen molar-refractivity contribution in [3.63, 3.8) is 0 Å². The zero-order chi connectivity index (χ0) is 11.4. The van der Waals surface area contributed by atoms with Gasteiger partial charge in [-0.2, -0.15) is 0 Å². The molecule has 0 fully saturated rings. The molecule has 0 heterocycles. The van der Waals surface area contributed by atoms with Gasteiger partial charge in [-0.05, 0) is 12.1 Å². The highest BCUT2D eigenvalue weighted by Crippen LogP contribution is 2.17. The number of carboxylic acid groups (broad SMARTS) is 1. The van der Waals surface area contributed by atoms with Crippen molar-refractivity contribution < 1.29 is 23.8 Å². The SMILES string of the molecule is O=C(CI)Oc1ccc(C(=O)O)c(F)c1. The third-order valence-electron chi connectivity index (χ3n) is 1.51. The highest BCUT2D eigenvalue weighted by molar-refractivity contribution is 14.1. The lowest BCUT2D eigenvalue weighted by Gasteiger charge is -2.03. The fraction of sp³-hybridized carbons (Fsp3) is 0.111. The Morgan fingerprint density at radius 1 is 1.47 bits per heavy atom. The molecule has 0 bridgehead atoms. The fourth-order valence-electron chi connectivity index (χ4n) is 0.891.